The highest BCUT2D eigenvalue weighted by Crippen LogP contribution is 2.20. The average molecular weight is 220 g/mol. The lowest BCUT2D eigenvalue weighted by molar-refractivity contribution is 0.601. The van der Waals surface area contributed by atoms with Crippen LogP contribution in [0.5, 0.6) is 0 Å². The molecule has 0 spiro atoms. The first-order valence-electron chi connectivity index (χ1n) is 5.66. The lowest BCUT2D eigenvalue weighted by Gasteiger charge is -2.10. The topological polar surface area (TPSA) is 0 Å². The Bertz CT molecular complexity index is 190. The van der Waals surface area contributed by atoms with Gasteiger partial charge in [0.2, 0.25) is 0 Å². The quantitative estimate of drug-likeness (QED) is 0.355. The fourth-order valence-corrected chi connectivity index (χ4v) is 1.05. The van der Waals surface area contributed by atoms with Crippen LogP contribution in [0.15, 0.2) is 56.4 Å². The molecule has 1 fully saturated rings. The summed E-state index contributed by atoms with van der Waals surface area (Å²) in [6.07, 6.45) is 6.79. The molecule has 1 aliphatic carbocycles. The van der Waals surface area contributed by atoms with Gasteiger partial charge in [0, 0.05) is 0 Å². The predicted octanol–water partition coefficient (Wildman–Crippen LogP) is 5.85. The third-order valence-corrected chi connectivity index (χ3v) is 1.91. The van der Waals surface area contributed by atoms with Crippen molar-refractivity contribution >= 4 is 0 Å². The van der Waals surface area contributed by atoms with Gasteiger partial charge in [-0.2, -0.15) is 0 Å². The second-order valence-electron chi connectivity index (χ2n) is 3.49. The smallest absolute Gasteiger partial charge is 0.0323 e. The maximum atomic E-state index is 3.91. The molecule has 92 valence electrons. The van der Waals surface area contributed by atoms with Crippen LogP contribution in [-0.2, 0) is 0 Å². The van der Waals surface area contributed by atoms with Gasteiger partial charge in [0.25, 0.3) is 0 Å². The van der Waals surface area contributed by atoms with Crippen molar-refractivity contribution < 1.29 is 0 Å². The van der Waals surface area contributed by atoms with Crippen molar-refractivity contribution in [3.8, 4) is 0 Å². The molecule has 0 saturated heterocycles. The third kappa shape index (κ3) is 23.0. The van der Waals surface area contributed by atoms with Crippen LogP contribution in [-0.4, -0.2) is 0 Å². The van der Waals surface area contributed by atoms with E-state index in [0.717, 1.165) is 5.57 Å². The van der Waals surface area contributed by atoms with E-state index in [4.69, 9.17) is 0 Å². The first-order valence-corrected chi connectivity index (χ1v) is 5.66. The second-order valence-corrected chi connectivity index (χ2v) is 3.49. The number of allylic oxidation sites excluding steroid dienone is 2. The largest absolute Gasteiger partial charge is 0.130 e. The average Bonchev–Trinajstić information content (AvgIpc) is 2.36. The van der Waals surface area contributed by atoms with E-state index in [0.29, 0.717) is 0 Å². The van der Waals surface area contributed by atoms with Gasteiger partial charge in [0.1, 0.15) is 0 Å². The Kier molecular flexibility index (Phi) is 24.4. The number of hydrogen-bond donors (Lipinski definition) is 0. The minimum absolute atomic E-state index is 1.14. The molecule has 0 bridgehead atoms. The molecule has 0 aromatic heterocycles. The predicted molar refractivity (Wildman–Crippen MR) is 78.7 cm³/mol. The minimum atomic E-state index is 1.14. The third-order valence-electron chi connectivity index (χ3n) is 1.91. The summed E-state index contributed by atoms with van der Waals surface area (Å²) in [5.41, 5.74) is 5.30. The van der Waals surface area contributed by atoms with Crippen LogP contribution in [0.3, 0.4) is 0 Å². The molecule has 0 amide bonds. The zero-order chi connectivity index (χ0) is 13.4. The molecule has 0 aromatic carbocycles. The van der Waals surface area contributed by atoms with Crippen molar-refractivity contribution in [2.75, 3.05) is 0 Å². The Morgan fingerprint density at radius 2 is 1.25 bits per heavy atom. The fraction of sp³-hybridized carbons (Fsp3) is 0.438. The van der Waals surface area contributed by atoms with Crippen LogP contribution in [0, 0.1) is 0 Å². The maximum absolute atomic E-state index is 3.91. The summed E-state index contributed by atoms with van der Waals surface area (Å²) in [5.74, 6) is 0. The van der Waals surface area contributed by atoms with Gasteiger partial charge in [-0.1, -0.05) is 25.2 Å². The summed E-state index contributed by atoms with van der Waals surface area (Å²) in [6, 6.07) is 0. The molecule has 0 atom stereocenters. The monoisotopic (exact) mass is 220 g/mol. The van der Waals surface area contributed by atoms with Crippen molar-refractivity contribution in [3.05, 3.63) is 56.4 Å². The van der Waals surface area contributed by atoms with Gasteiger partial charge in [-0.15, -0.1) is 32.0 Å². The van der Waals surface area contributed by atoms with E-state index < -0.39 is 0 Å². The highest BCUT2D eigenvalue weighted by atomic mass is 14.1. The normalized spacial score (nSPS) is 12.2. The molecule has 1 aliphatic rings. The summed E-state index contributed by atoms with van der Waals surface area (Å²) < 4.78 is 0. The zero-order valence-corrected chi connectivity index (χ0v) is 11.3. The van der Waals surface area contributed by atoms with Gasteiger partial charge in [-0.3, -0.25) is 0 Å². The molecule has 1 saturated carbocycles. The standard InChI is InChI=1S/C7H12.C5H8.2C2H4/c1-7-5-3-2-4-6-7;1-4-5(2)3;2*1-2/h1-6H2;1H2,2-3H3;2*1-2H2. The Labute approximate surface area is 103 Å². The first-order chi connectivity index (χ1) is 7.66. The summed E-state index contributed by atoms with van der Waals surface area (Å²) in [5, 5.41) is 0. The SMILES string of the molecule is C=C.C=C.C=C1CCCCC1.C=C=C(C)C. The van der Waals surface area contributed by atoms with Gasteiger partial charge in [-0.05, 0) is 45.1 Å². The molecule has 0 radical (unpaired) electrons. The minimum Gasteiger partial charge on any atom is -0.130 e. The molecule has 0 aliphatic heterocycles. The molecule has 16 heavy (non-hydrogen) atoms. The van der Waals surface area contributed by atoms with Crippen LogP contribution in [0.2, 0.25) is 0 Å². The summed E-state index contributed by atoms with van der Waals surface area (Å²) in [6.45, 7) is 23.2. The second kappa shape index (κ2) is 19.3. The molecular formula is C16H28. The first kappa shape index (κ1) is 20.2. The van der Waals surface area contributed by atoms with Crippen molar-refractivity contribution in [1.29, 1.82) is 0 Å². The molecule has 0 heterocycles. The van der Waals surface area contributed by atoms with Crippen molar-refractivity contribution in [3.63, 3.8) is 0 Å². The van der Waals surface area contributed by atoms with Crippen molar-refractivity contribution in [1.82, 2.24) is 0 Å². The molecule has 0 heteroatoms. The summed E-state index contributed by atoms with van der Waals surface area (Å²) in [4.78, 5) is 0. The van der Waals surface area contributed by atoms with Crippen LogP contribution >= 0.6 is 0 Å². The van der Waals surface area contributed by atoms with Crippen molar-refractivity contribution in [2.45, 2.75) is 46.0 Å². The highest BCUT2D eigenvalue weighted by molar-refractivity contribution is 4.95. The van der Waals surface area contributed by atoms with E-state index in [1.54, 1.807) is 0 Å². The Morgan fingerprint density at radius 3 is 1.38 bits per heavy atom. The van der Waals surface area contributed by atoms with Gasteiger partial charge in [0.15, 0.2) is 0 Å². The lowest BCUT2D eigenvalue weighted by Crippen LogP contribution is -1.90. The van der Waals surface area contributed by atoms with E-state index in [2.05, 4.69) is 45.2 Å². The maximum Gasteiger partial charge on any atom is -0.0323 e. The fourth-order valence-electron chi connectivity index (χ4n) is 1.05. The molecule has 0 unspecified atom stereocenters. The van der Waals surface area contributed by atoms with Crippen LogP contribution < -0.4 is 0 Å². The van der Waals surface area contributed by atoms with Crippen LogP contribution in [0.4, 0.5) is 0 Å². The zero-order valence-electron chi connectivity index (χ0n) is 11.3. The molecule has 0 N–H and O–H groups in total. The van der Waals surface area contributed by atoms with Gasteiger partial charge in [-0.25, -0.2) is 0 Å². The Balaban J connectivity index is -0.000000167. The van der Waals surface area contributed by atoms with Crippen LogP contribution in [0.25, 0.3) is 0 Å². The molecule has 0 nitrogen and oxygen atoms in total. The van der Waals surface area contributed by atoms with Gasteiger partial charge >= 0.3 is 0 Å². The number of rotatable bonds is 0. The molecular weight excluding hydrogens is 192 g/mol. The van der Waals surface area contributed by atoms with E-state index >= 15 is 0 Å². The molecule has 1 rings (SSSR count). The number of hydrogen-bond acceptors (Lipinski definition) is 0. The summed E-state index contributed by atoms with van der Waals surface area (Å²) >= 11 is 0. The Hall–Kier alpha value is -1.26. The highest BCUT2D eigenvalue weighted by Gasteiger charge is 2.00. The van der Waals surface area contributed by atoms with Gasteiger partial charge < -0.3 is 0 Å². The van der Waals surface area contributed by atoms with Crippen molar-refractivity contribution in [2.24, 2.45) is 0 Å². The van der Waals surface area contributed by atoms with E-state index in [1.165, 1.54) is 37.7 Å². The lowest BCUT2D eigenvalue weighted by atomic mass is 9.97. The Morgan fingerprint density at radius 1 is 0.938 bits per heavy atom. The van der Waals surface area contributed by atoms with E-state index in [9.17, 15) is 0 Å². The van der Waals surface area contributed by atoms with Gasteiger partial charge in [0.05, 0.1) is 0 Å². The van der Waals surface area contributed by atoms with E-state index in [1.807, 2.05) is 13.8 Å². The molecule has 0 aromatic rings. The summed E-state index contributed by atoms with van der Waals surface area (Å²) in [7, 11) is 0. The van der Waals surface area contributed by atoms with Crippen LogP contribution in [0.1, 0.15) is 46.0 Å². The van der Waals surface area contributed by atoms with E-state index in [-0.39, 0.29) is 0 Å².